The summed E-state index contributed by atoms with van der Waals surface area (Å²) >= 11 is 2.88. The summed E-state index contributed by atoms with van der Waals surface area (Å²) in [4.78, 5) is 46.8. The highest BCUT2D eigenvalue weighted by Gasteiger charge is 2.60. The van der Waals surface area contributed by atoms with Crippen LogP contribution in [0.15, 0.2) is 16.0 Å². The lowest BCUT2D eigenvalue weighted by molar-refractivity contribution is -0.163. The van der Waals surface area contributed by atoms with Crippen molar-refractivity contribution >= 4 is 46.0 Å². The summed E-state index contributed by atoms with van der Waals surface area (Å²) in [5.74, 6) is -2.32. The quantitative estimate of drug-likeness (QED) is 0.482. The number of carbonyl (C=O) groups is 3. The standard InChI is InChI=1S/C20H24N4O6S2/c1-8-14-13(9(2)25)18(28)24(14)15(19(29)30)16(8)32-11-5-23(6-11)20-21-12(7-31-20)17(27)22-3-10(26)4-22/h7-11,13-14,25-26H,3-6H2,1-2H3,(H,29,30)/t8-,9-,13?,14?/m1/s1. The monoisotopic (exact) mass is 480 g/mol. The van der Waals surface area contributed by atoms with Crippen LogP contribution in [0.25, 0.3) is 0 Å². The molecular formula is C20H24N4O6S2. The van der Waals surface area contributed by atoms with Crippen LogP contribution in [0.5, 0.6) is 0 Å². The van der Waals surface area contributed by atoms with Crippen LogP contribution in [0.4, 0.5) is 5.13 Å². The van der Waals surface area contributed by atoms with Gasteiger partial charge in [0.15, 0.2) is 5.13 Å². The number of carboxylic acid groups (broad SMARTS) is 1. The zero-order valence-electron chi connectivity index (χ0n) is 17.5. The third-order valence-electron chi connectivity index (χ3n) is 6.58. The maximum Gasteiger partial charge on any atom is 0.353 e. The number of fused-ring (bicyclic) bond motifs is 1. The first-order valence-corrected chi connectivity index (χ1v) is 12.3. The molecule has 3 N–H and O–H groups in total. The van der Waals surface area contributed by atoms with Crippen LogP contribution in [0, 0.1) is 11.8 Å². The molecule has 0 aliphatic carbocycles. The molecule has 32 heavy (non-hydrogen) atoms. The second kappa shape index (κ2) is 7.72. The number of thiazole rings is 1. The summed E-state index contributed by atoms with van der Waals surface area (Å²) in [7, 11) is 0. The summed E-state index contributed by atoms with van der Waals surface area (Å²) in [5.41, 5.74) is 0.423. The molecule has 0 radical (unpaired) electrons. The summed E-state index contributed by atoms with van der Waals surface area (Å²) in [6.45, 7) is 5.48. The molecule has 3 saturated heterocycles. The van der Waals surface area contributed by atoms with Crippen molar-refractivity contribution in [2.45, 2.75) is 37.3 Å². The smallest absolute Gasteiger partial charge is 0.353 e. The minimum absolute atomic E-state index is 0.0479. The average molecular weight is 481 g/mol. The number of thioether (sulfide) groups is 1. The maximum atomic E-state index is 12.4. The van der Waals surface area contributed by atoms with Gasteiger partial charge in [0.05, 0.1) is 24.2 Å². The Bertz CT molecular complexity index is 1010. The topological polar surface area (TPSA) is 135 Å². The van der Waals surface area contributed by atoms with Gasteiger partial charge in [0.1, 0.15) is 11.4 Å². The molecule has 1 aromatic heterocycles. The number of aromatic nitrogens is 1. The van der Waals surface area contributed by atoms with Gasteiger partial charge in [0, 0.05) is 47.6 Å². The van der Waals surface area contributed by atoms with Crippen LogP contribution >= 0.6 is 23.1 Å². The van der Waals surface area contributed by atoms with E-state index in [4.69, 9.17) is 0 Å². The van der Waals surface area contributed by atoms with Crippen molar-refractivity contribution in [1.29, 1.82) is 0 Å². The molecule has 3 fully saturated rings. The third kappa shape index (κ3) is 3.23. The van der Waals surface area contributed by atoms with Gasteiger partial charge in [-0.1, -0.05) is 6.92 Å². The molecule has 1 aromatic rings. The molecule has 4 atom stereocenters. The normalized spacial score (nSPS) is 28.9. The Balaban J connectivity index is 1.23. The van der Waals surface area contributed by atoms with E-state index in [-0.39, 0.29) is 34.7 Å². The number of hydrogen-bond donors (Lipinski definition) is 3. The zero-order chi connectivity index (χ0) is 22.9. The molecule has 12 heteroatoms. The first-order chi connectivity index (χ1) is 15.2. The number of aliphatic carboxylic acids is 1. The van der Waals surface area contributed by atoms with Gasteiger partial charge in [-0.3, -0.25) is 9.59 Å². The van der Waals surface area contributed by atoms with E-state index >= 15 is 0 Å². The number of amides is 2. The molecule has 0 saturated carbocycles. The van der Waals surface area contributed by atoms with Crippen LogP contribution in [0.1, 0.15) is 24.3 Å². The van der Waals surface area contributed by atoms with E-state index in [0.717, 1.165) is 5.13 Å². The number of β-amino-alcohol motifs (C(OH)–C–C–N with tert-alkyl or cyclic N) is 1. The minimum atomic E-state index is -1.12. The van der Waals surface area contributed by atoms with Gasteiger partial charge >= 0.3 is 5.97 Å². The first-order valence-electron chi connectivity index (χ1n) is 10.5. The number of carboxylic acids is 1. The molecule has 10 nitrogen and oxygen atoms in total. The summed E-state index contributed by atoms with van der Waals surface area (Å²) in [5, 5.41) is 31.7. The number of hydrogen-bond acceptors (Lipinski definition) is 9. The molecule has 0 bridgehead atoms. The van der Waals surface area contributed by atoms with E-state index in [1.807, 2.05) is 11.8 Å². The van der Waals surface area contributed by atoms with Crippen molar-refractivity contribution in [3.8, 4) is 0 Å². The lowest BCUT2D eigenvalue weighted by Crippen LogP contribution is -2.63. The van der Waals surface area contributed by atoms with E-state index in [2.05, 4.69) is 4.98 Å². The van der Waals surface area contributed by atoms with E-state index in [1.54, 1.807) is 17.2 Å². The van der Waals surface area contributed by atoms with Crippen molar-refractivity contribution in [3.05, 3.63) is 21.7 Å². The number of carbonyl (C=O) groups excluding carboxylic acids is 2. The van der Waals surface area contributed by atoms with Crippen LogP contribution in [-0.4, -0.2) is 97.6 Å². The van der Waals surface area contributed by atoms with Gasteiger partial charge in [0.25, 0.3) is 5.91 Å². The lowest BCUT2D eigenvalue weighted by Gasteiger charge is -2.46. The average Bonchev–Trinajstić information content (AvgIpc) is 3.23. The molecule has 2 amide bonds. The maximum absolute atomic E-state index is 12.4. The number of anilines is 1. The zero-order valence-corrected chi connectivity index (χ0v) is 19.2. The van der Waals surface area contributed by atoms with Crippen molar-refractivity contribution in [2.24, 2.45) is 11.8 Å². The molecule has 0 aromatic carbocycles. The highest BCUT2D eigenvalue weighted by atomic mass is 32.2. The Morgan fingerprint density at radius 2 is 1.97 bits per heavy atom. The predicted molar refractivity (Wildman–Crippen MR) is 117 cm³/mol. The fourth-order valence-electron chi connectivity index (χ4n) is 4.82. The molecule has 5 rings (SSSR count). The highest BCUT2D eigenvalue weighted by Crippen LogP contribution is 2.52. The predicted octanol–water partition coefficient (Wildman–Crippen LogP) is 0.0353. The van der Waals surface area contributed by atoms with Gasteiger partial charge < -0.3 is 30.0 Å². The summed E-state index contributed by atoms with van der Waals surface area (Å²) < 4.78 is 0. The van der Waals surface area contributed by atoms with Crippen molar-refractivity contribution in [3.63, 3.8) is 0 Å². The lowest BCUT2D eigenvalue weighted by atomic mass is 9.79. The van der Waals surface area contributed by atoms with E-state index in [1.165, 1.54) is 28.0 Å². The second-order valence-electron chi connectivity index (χ2n) is 8.80. The number of likely N-dealkylation sites (tertiary alicyclic amines) is 1. The van der Waals surface area contributed by atoms with Gasteiger partial charge in [-0.15, -0.1) is 23.1 Å². The first kappa shape index (κ1) is 21.7. The number of aliphatic hydroxyl groups excluding tert-OH is 2. The summed E-state index contributed by atoms with van der Waals surface area (Å²) in [6.07, 6.45) is -1.27. The van der Waals surface area contributed by atoms with Gasteiger partial charge in [-0.2, -0.15) is 0 Å². The number of aliphatic hydroxyl groups is 2. The largest absolute Gasteiger partial charge is 0.477 e. The van der Waals surface area contributed by atoms with Crippen molar-refractivity contribution in [1.82, 2.24) is 14.8 Å². The molecule has 2 unspecified atom stereocenters. The van der Waals surface area contributed by atoms with Gasteiger partial charge in [-0.05, 0) is 6.92 Å². The van der Waals surface area contributed by atoms with Crippen molar-refractivity contribution < 1.29 is 29.7 Å². The van der Waals surface area contributed by atoms with Crippen molar-refractivity contribution in [2.75, 3.05) is 31.1 Å². The van der Waals surface area contributed by atoms with Crippen LogP contribution in [0.2, 0.25) is 0 Å². The Kier molecular flexibility index (Phi) is 5.23. The fraction of sp³-hybridized carbons (Fsp3) is 0.600. The second-order valence-corrected chi connectivity index (χ2v) is 11.0. The number of rotatable bonds is 6. The highest BCUT2D eigenvalue weighted by molar-refractivity contribution is 8.03. The third-order valence-corrected chi connectivity index (χ3v) is 8.94. The Hall–Kier alpha value is -2.15. The van der Waals surface area contributed by atoms with Gasteiger partial charge in [-0.25, -0.2) is 9.78 Å². The van der Waals surface area contributed by atoms with Crippen LogP contribution < -0.4 is 4.90 Å². The van der Waals surface area contributed by atoms with Crippen LogP contribution in [0.3, 0.4) is 0 Å². The Morgan fingerprint density at radius 3 is 2.56 bits per heavy atom. The molecular weight excluding hydrogens is 456 g/mol. The van der Waals surface area contributed by atoms with Gasteiger partial charge in [0.2, 0.25) is 5.91 Å². The SMILES string of the molecule is C[C@@H](O)C1C(=O)N2C(C(=O)O)=C(SC3CN(c4nc(C(=O)N5CC(O)C5)cs4)C3)[C@H](C)C12. The number of nitrogens with zero attached hydrogens (tertiary/aromatic N) is 4. The minimum Gasteiger partial charge on any atom is -0.477 e. The molecule has 172 valence electrons. The van der Waals surface area contributed by atoms with E-state index in [9.17, 15) is 29.7 Å². The Morgan fingerprint density at radius 1 is 1.28 bits per heavy atom. The number of β-lactam (4-membered cyclic amide) rings is 1. The Labute approximate surface area is 192 Å². The molecule has 0 spiro atoms. The summed E-state index contributed by atoms with van der Waals surface area (Å²) in [6, 6.07) is -0.306. The molecule has 5 heterocycles. The van der Waals surface area contributed by atoms with Crippen LogP contribution in [-0.2, 0) is 9.59 Å². The van der Waals surface area contributed by atoms with E-state index < -0.39 is 24.1 Å². The molecule has 4 aliphatic heterocycles. The molecule has 4 aliphatic rings. The fourth-order valence-corrected chi connectivity index (χ4v) is 7.16. The van der Waals surface area contributed by atoms with E-state index in [0.29, 0.717) is 36.8 Å².